The lowest BCUT2D eigenvalue weighted by Crippen LogP contribution is -2.37. The molecular weight excluding hydrogens is 202 g/mol. The molecule has 2 aliphatic heterocycles. The largest absolute Gasteiger partial charge is 0.493 e. The van der Waals surface area contributed by atoms with Gasteiger partial charge in [0.05, 0.1) is 6.61 Å². The first kappa shape index (κ1) is 9.97. The van der Waals surface area contributed by atoms with Gasteiger partial charge in [-0.05, 0) is 31.0 Å². The number of nitrogens with one attached hydrogen (secondary N) is 1. The Morgan fingerprint density at radius 1 is 1.38 bits per heavy atom. The van der Waals surface area contributed by atoms with Crippen molar-refractivity contribution in [2.75, 3.05) is 19.7 Å². The molecule has 0 aliphatic carbocycles. The lowest BCUT2D eigenvalue weighted by Gasteiger charge is -2.24. The van der Waals surface area contributed by atoms with Crippen molar-refractivity contribution in [2.24, 2.45) is 0 Å². The number of benzene rings is 1. The van der Waals surface area contributed by atoms with Gasteiger partial charge in [0.15, 0.2) is 0 Å². The minimum atomic E-state index is 0.313. The van der Waals surface area contributed by atoms with Gasteiger partial charge in [-0.2, -0.15) is 0 Å². The van der Waals surface area contributed by atoms with Crippen molar-refractivity contribution < 1.29 is 9.47 Å². The quantitative estimate of drug-likeness (QED) is 0.822. The lowest BCUT2D eigenvalue weighted by atomic mass is 10.1. The fourth-order valence-electron chi connectivity index (χ4n) is 2.33. The summed E-state index contributed by atoms with van der Waals surface area (Å²) in [5.74, 6) is 1.94. The molecule has 16 heavy (non-hydrogen) atoms. The van der Waals surface area contributed by atoms with Gasteiger partial charge >= 0.3 is 0 Å². The molecule has 0 amide bonds. The Bertz CT molecular complexity index is 372. The van der Waals surface area contributed by atoms with Gasteiger partial charge in [0.2, 0.25) is 0 Å². The van der Waals surface area contributed by atoms with Gasteiger partial charge < -0.3 is 14.8 Å². The van der Waals surface area contributed by atoms with Gasteiger partial charge in [0.25, 0.3) is 0 Å². The van der Waals surface area contributed by atoms with E-state index >= 15 is 0 Å². The summed E-state index contributed by atoms with van der Waals surface area (Å²) in [6.07, 6.45) is 3.69. The van der Waals surface area contributed by atoms with E-state index in [1.54, 1.807) is 0 Å². The summed E-state index contributed by atoms with van der Waals surface area (Å²) in [5, 5.41) is 3.35. The molecule has 1 N–H and O–H groups in total. The Labute approximate surface area is 95.8 Å². The van der Waals surface area contributed by atoms with Crippen LogP contribution in [0.1, 0.15) is 18.4 Å². The van der Waals surface area contributed by atoms with Crippen LogP contribution in [0.4, 0.5) is 0 Å². The zero-order chi connectivity index (χ0) is 10.8. The second-order valence-electron chi connectivity index (χ2n) is 4.45. The zero-order valence-corrected chi connectivity index (χ0v) is 9.37. The van der Waals surface area contributed by atoms with E-state index in [4.69, 9.17) is 9.47 Å². The van der Waals surface area contributed by atoms with Crippen molar-refractivity contribution in [3.63, 3.8) is 0 Å². The van der Waals surface area contributed by atoms with Crippen molar-refractivity contribution >= 4 is 0 Å². The van der Waals surface area contributed by atoms with E-state index in [1.165, 1.54) is 12.0 Å². The van der Waals surface area contributed by atoms with Crippen molar-refractivity contribution in [2.45, 2.75) is 25.4 Å². The Kier molecular flexibility index (Phi) is 2.70. The monoisotopic (exact) mass is 219 g/mol. The molecule has 86 valence electrons. The second-order valence-corrected chi connectivity index (χ2v) is 4.45. The molecule has 1 aromatic rings. The van der Waals surface area contributed by atoms with Gasteiger partial charge in [-0.1, -0.05) is 6.07 Å². The standard InChI is InChI=1S/C13H17NO2/c1-2-12(9-14-6-1)16-11-4-3-10-5-7-15-13(10)8-11/h3-4,8,12,14H,1-2,5-7,9H2. The van der Waals surface area contributed by atoms with Crippen molar-refractivity contribution in [3.8, 4) is 11.5 Å². The molecule has 0 spiro atoms. The van der Waals surface area contributed by atoms with Crippen LogP contribution in [0.25, 0.3) is 0 Å². The molecule has 1 fully saturated rings. The van der Waals surface area contributed by atoms with Crippen LogP contribution < -0.4 is 14.8 Å². The lowest BCUT2D eigenvalue weighted by molar-refractivity contribution is 0.166. The van der Waals surface area contributed by atoms with Crippen LogP contribution in [0.5, 0.6) is 11.5 Å². The average molecular weight is 219 g/mol. The molecule has 0 radical (unpaired) electrons. The number of piperidine rings is 1. The topological polar surface area (TPSA) is 30.5 Å². The maximum Gasteiger partial charge on any atom is 0.126 e. The highest BCUT2D eigenvalue weighted by Crippen LogP contribution is 2.30. The maximum atomic E-state index is 5.94. The molecular formula is C13H17NO2. The molecule has 0 bridgehead atoms. The van der Waals surface area contributed by atoms with E-state index in [-0.39, 0.29) is 0 Å². The number of rotatable bonds is 2. The summed E-state index contributed by atoms with van der Waals surface area (Å²) in [6, 6.07) is 6.20. The highest BCUT2D eigenvalue weighted by molar-refractivity contribution is 5.42. The van der Waals surface area contributed by atoms with E-state index in [0.29, 0.717) is 6.10 Å². The van der Waals surface area contributed by atoms with Gasteiger partial charge in [0, 0.05) is 19.0 Å². The van der Waals surface area contributed by atoms with Crippen molar-refractivity contribution in [1.82, 2.24) is 5.32 Å². The van der Waals surface area contributed by atoms with Gasteiger partial charge in [0.1, 0.15) is 17.6 Å². The third-order valence-electron chi connectivity index (χ3n) is 3.22. The molecule has 1 saturated heterocycles. The Morgan fingerprint density at radius 3 is 3.25 bits per heavy atom. The SMILES string of the molecule is c1cc2c(cc1OC1CCCNC1)OCC2. The number of ether oxygens (including phenoxy) is 2. The van der Waals surface area contributed by atoms with Crippen molar-refractivity contribution in [3.05, 3.63) is 23.8 Å². The van der Waals surface area contributed by atoms with Crippen LogP contribution in [0.3, 0.4) is 0 Å². The molecule has 3 rings (SSSR count). The van der Waals surface area contributed by atoms with Gasteiger partial charge in [-0.3, -0.25) is 0 Å². The second kappa shape index (κ2) is 4.34. The molecule has 1 aromatic carbocycles. The Hall–Kier alpha value is -1.22. The Morgan fingerprint density at radius 2 is 2.38 bits per heavy atom. The van der Waals surface area contributed by atoms with Crippen LogP contribution in [-0.4, -0.2) is 25.8 Å². The van der Waals surface area contributed by atoms with Gasteiger partial charge in [-0.15, -0.1) is 0 Å². The molecule has 1 atom stereocenters. The summed E-state index contributed by atoms with van der Waals surface area (Å²) in [4.78, 5) is 0. The Balaban J connectivity index is 1.69. The predicted octanol–water partition coefficient (Wildman–Crippen LogP) is 1.75. The van der Waals surface area contributed by atoms with E-state index in [9.17, 15) is 0 Å². The van der Waals surface area contributed by atoms with Crippen LogP contribution in [-0.2, 0) is 6.42 Å². The zero-order valence-electron chi connectivity index (χ0n) is 9.37. The summed E-state index contributed by atoms with van der Waals surface area (Å²) in [6.45, 7) is 2.88. The molecule has 2 aliphatic rings. The van der Waals surface area contributed by atoms with Crippen LogP contribution in [0.15, 0.2) is 18.2 Å². The normalized spacial score (nSPS) is 23.6. The molecule has 1 unspecified atom stereocenters. The first-order chi connectivity index (χ1) is 7.92. The summed E-state index contributed by atoms with van der Waals surface area (Å²) < 4.78 is 11.5. The minimum Gasteiger partial charge on any atom is -0.493 e. The number of hydrogen-bond acceptors (Lipinski definition) is 3. The van der Waals surface area contributed by atoms with Crippen molar-refractivity contribution in [1.29, 1.82) is 0 Å². The third kappa shape index (κ3) is 2.00. The molecule has 2 heterocycles. The summed E-state index contributed by atoms with van der Waals surface area (Å²) in [7, 11) is 0. The predicted molar refractivity (Wildman–Crippen MR) is 62.2 cm³/mol. The fourth-order valence-corrected chi connectivity index (χ4v) is 2.33. The molecule has 0 saturated carbocycles. The van der Waals surface area contributed by atoms with E-state index < -0.39 is 0 Å². The first-order valence-corrected chi connectivity index (χ1v) is 6.05. The first-order valence-electron chi connectivity index (χ1n) is 6.05. The highest BCUT2D eigenvalue weighted by Gasteiger charge is 2.17. The fraction of sp³-hybridized carbons (Fsp3) is 0.538. The molecule has 3 heteroatoms. The summed E-state index contributed by atoms with van der Waals surface area (Å²) in [5.41, 5.74) is 1.30. The van der Waals surface area contributed by atoms with Crippen LogP contribution in [0, 0.1) is 0 Å². The van der Waals surface area contributed by atoms with Crippen LogP contribution in [0.2, 0.25) is 0 Å². The average Bonchev–Trinajstić information content (AvgIpc) is 2.77. The molecule has 0 aromatic heterocycles. The third-order valence-corrected chi connectivity index (χ3v) is 3.22. The highest BCUT2D eigenvalue weighted by atomic mass is 16.5. The van der Waals surface area contributed by atoms with Gasteiger partial charge in [-0.25, -0.2) is 0 Å². The van der Waals surface area contributed by atoms with E-state index in [2.05, 4.69) is 17.4 Å². The number of hydrogen-bond donors (Lipinski definition) is 1. The van der Waals surface area contributed by atoms with E-state index in [0.717, 1.165) is 44.0 Å². The number of fused-ring (bicyclic) bond motifs is 1. The molecule has 3 nitrogen and oxygen atoms in total. The van der Waals surface area contributed by atoms with E-state index in [1.807, 2.05) is 6.07 Å². The smallest absolute Gasteiger partial charge is 0.126 e. The maximum absolute atomic E-state index is 5.94. The minimum absolute atomic E-state index is 0.313. The summed E-state index contributed by atoms with van der Waals surface area (Å²) >= 11 is 0. The van der Waals surface area contributed by atoms with Crippen LogP contribution >= 0.6 is 0 Å².